The first-order valence-electron chi connectivity index (χ1n) is 23.7. The highest BCUT2D eigenvalue weighted by molar-refractivity contribution is 7.47. The van der Waals surface area contributed by atoms with Gasteiger partial charge in [0.1, 0.15) is 19.3 Å². The normalized spacial score (nSPS) is 14.3. The predicted molar refractivity (Wildman–Crippen MR) is 252 cm³/mol. The van der Waals surface area contributed by atoms with E-state index in [2.05, 4.69) is 86.8 Å². The monoisotopic (exact) mass is 849 g/mol. The van der Waals surface area contributed by atoms with Gasteiger partial charge in [-0.05, 0) is 70.6 Å². The minimum absolute atomic E-state index is 0.0720. The molecule has 59 heavy (non-hydrogen) atoms. The number of carbonyl (C=O) groups is 1. The molecule has 0 aromatic heterocycles. The standard InChI is InChI=1S/C50H90NO7P/c1-6-8-10-12-14-16-18-20-22-24-25-26-27-28-29-31-33-35-37-39-41-43-50(52)58-49(48-57-59(53,54)56-46-44-51(3,4)5)47-55-45-42-40-38-36-34-32-30-23-21-19-17-15-13-11-9-7-2/h9,11,15,17,21,23-25,32,34,38,40,49H,6-8,10,12-14,16,18-20,22,26-31,33,35-37,39,41-48H2,1-5H3/p+1/b11-9-,17-15-,23-21-,25-24-,34-32-,40-38-. The first-order chi connectivity index (χ1) is 28.6. The number of nitrogens with zero attached hydrogens (tertiary/aromatic N) is 1. The van der Waals surface area contributed by atoms with E-state index in [0.717, 1.165) is 51.4 Å². The molecule has 0 saturated carbocycles. The molecule has 0 bridgehead atoms. The third-order valence-electron chi connectivity index (χ3n) is 9.77. The number of allylic oxidation sites excluding steroid dienone is 11. The van der Waals surface area contributed by atoms with Crippen LogP contribution >= 0.6 is 7.82 Å². The summed E-state index contributed by atoms with van der Waals surface area (Å²) in [5.41, 5.74) is 0. The molecule has 0 aromatic rings. The summed E-state index contributed by atoms with van der Waals surface area (Å²) in [5.74, 6) is -0.342. The summed E-state index contributed by atoms with van der Waals surface area (Å²) in [7, 11) is 1.61. The number of esters is 1. The Morgan fingerprint density at radius 1 is 0.542 bits per heavy atom. The first kappa shape index (κ1) is 56.9. The van der Waals surface area contributed by atoms with Gasteiger partial charge >= 0.3 is 13.8 Å². The Bertz CT molecular complexity index is 1170. The summed E-state index contributed by atoms with van der Waals surface area (Å²) in [6, 6.07) is 0. The highest BCUT2D eigenvalue weighted by atomic mass is 31.2. The van der Waals surface area contributed by atoms with Gasteiger partial charge in [-0.1, -0.05) is 177 Å². The number of likely N-dealkylation sites (N-methyl/N-ethyl adjacent to an activating group) is 1. The van der Waals surface area contributed by atoms with Gasteiger partial charge in [0, 0.05) is 6.42 Å². The average molecular weight is 849 g/mol. The van der Waals surface area contributed by atoms with Crippen LogP contribution < -0.4 is 0 Å². The van der Waals surface area contributed by atoms with Gasteiger partial charge in [0.25, 0.3) is 0 Å². The Balaban J connectivity index is 4.28. The fraction of sp³-hybridized carbons (Fsp3) is 0.740. The van der Waals surface area contributed by atoms with Crippen LogP contribution in [0.2, 0.25) is 0 Å². The molecule has 2 atom stereocenters. The van der Waals surface area contributed by atoms with Crippen LogP contribution in [0.3, 0.4) is 0 Å². The molecule has 0 aromatic carbocycles. The first-order valence-corrected chi connectivity index (χ1v) is 25.2. The second-order valence-corrected chi connectivity index (χ2v) is 18.2. The maximum Gasteiger partial charge on any atom is 0.472 e. The van der Waals surface area contributed by atoms with E-state index < -0.39 is 13.9 Å². The number of ether oxygens (including phenoxy) is 2. The van der Waals surface area contributed by atoms with E-state index in [-0.39, 0.29) is 25.8 Å². The summed E-state index contributed by atoms with van der Waals surface area (Å²) in [6.07, 6.45) is 55.4. The largest absolute Gasteiger partial charge is 0.472 e. The number of quaternary nitrogens is 1. The van der Waals surface area contributed by atoms with E-state index >= 15 is 0 Å². The Morgan fingerprint density at radius 2 is 0.983 bits per heavy atom. The van der Waals surface area contributed by atoms with Crippen LogP contribution in [0.25, 0.3) is 0 Å². The highest BCUT2D eigenvalue weighted by Crippen LogP contribution is 2.43. The lowest BCUT2D eigenvalue weighted by molar-refractivity contribution is -0.870. The molecule has 9 heteroatoms. The molecule has 2 unspecified atom stereocenters. The van der Waals surface area contributed by atoms with Gasteiger partial charge in [-0.2, -0.15) is 0 Å². The Hall–Kier alpha value is -2.06. The minimum Gasteiger partial charge on any atom is -0.457 e. The number of rotatable bonds is 43. The minimum atomic E-state index is -4.30. The molecule has 0 spiro atoms. The lowest BCUT2D eigenvalue weighted by Crippen LogP contribution is -2.37. The van der Waals surface area contributed by atoms with Crippen LogP contribution in [0.5, 0.6) is 0 Å². The highest BCUT2D eigenvalue weighted by Gasteiger charge is 2.26. The molecule has 0 radical (unpaired) electrons. The molecule has 0 aliphatic rings. The van der Waals surface area contributed by atoms with Crippen molar-refractivity contribution in [2.75, 3.05) is 54.1 Å². The molecule has 342 valence electrons. The van der Waals surface area contributed by atoms with E-state index in [1.165, 1.54) is 103 Å². The van der Waals surface area contributed by atoms with Gasteiger partial charge < -0.3 is 18.9 Å². The zero-order chi connectivity index (χ0) is 43.4. The van der Waals surface area contributed by atoms with Gasteiger partial charge in [0.15, 0.2) is 0 Å². The van der Waals surface area contributed by atoms with E-state index in [1.807, 2.05) is 21.1 Å². The number of unbranched alkanes of at least 4 members (excludes halogenated alkanes) is 17. The van der Waals surface area contributed by atoms with Crippen LogP contribution in [-0.2, 0) is 27.9 Å². The maximum absolute atomic E-state index is 12.7. The molecular formula is C50H91NO7P+. The van der Waals surface area contributed by atoms with E-state index in [9.17, 15) is 14.3 Å². The lowest BCUT2D eigenvalue weighted by atomic mass is 10.1. The average Bonchev–Trinajstić information content (AvgIpc) is 3.19. The molecule has 8 nitrogen and oxygen atoms in total. The third kappa shape index (κ3) is 46.9. The van der Waals surface area contributed by atoms with Crippen molar-refractivity contribution < 1.29 is 37.3 Å². The van der Waals surface area contributed by atoms with Crippen molar-refractivity contribution in [2.45, 2.75) is 187 Å². The molecule has 1 N–H and O–H groups in total. The van der Waals surface area contributed by atoms with Gasteiger partial charge in [-0.3, -0.25) is 13.8 Å². The number of carbonyl (C=O) groups excluding carboxylic acids is 1. The Morgan fingerprint density at radius 3 is 1.47 bits per heavy atom. The van der Waals surface area contributed by atoms with Crippen molar-refractivity contribution in [1.29, 1.82) is 0 Å². The summed E-state index contributed by atoms with van der Waals surface area (Å²) in [6.45, 7) is 5.27. The van der Waals surface area contributed by atoms with Crippen LogP contribution in [0.15, 0.2) is 72.9 Å². The van der Waals surface area contributed by atoms with Crippen molar-refractivity contribution in [3.05, 3.63) is 72.9 Å². The van der Waals surface area contributed by atoms with Crippen molar-refractivity contribution in [1.82, 2.24) is 0 Å². The van der Waals surface area contributed by atoms with E-state index in [4.69, 9.17) is 18.5 Å². The predicted octanol–water partition coefficient (Wildman–Crippen LogP) is 14.3. The summed E-state index contributed by atoms with van der Waals surface area (Å²) in [5, 5.41) is 0. The van der Waals surface area contributed by atoms with Crippen molar-refractivity contribution in [3.8, 4) is 0 Å². The second-order valence-electron chi connectivity index (χ2n) is 16.8. The quantitative estimate of drug-likeness (QED) is 0.0215. The Kier molecular flexibility index (Phi) is 41.1. The number of hydrogen-bond acceptors (Lipinski definition) is 6. The van der Waals surface area contributed by atoms with Crippen LogP contribution in [0.4, 0.5) is 0 Å². The zero-order valence-electron chi connectivity index (χ0n) is 38.7. The number of phosphoric acid groups is 1. The fourth-order valence-corrected chi connectivity index (χ4v) is 6.88. The molecule has 0 amide bonds. The van der Waals surface area contributed by atoms with Gasteiger partial charge in [-0.25, -0.2) is 4.57 Å². The van der Waals surface area contributed by atoms with Gasteiger partial charge in [-0.15, -0.1) is 0 Å². The van der Waals surface area contributed by atoms with Gasteiger partial charge in [0.05, 0.1) is 41.0 Å². The van der Waals surface area contributed by atoms with Crippen molar-refractivity contribution >= 4 is 13.8 Å². The summed E-state index contributed by atoms with van der Waals surface area (Å²) in [4.78, 5) is 22.9. The molecule has 0 heterocycles. The molecule has 0 aliphatic heterocycles. The van der Waals surface area contributed by atoms with Crippen LogP contribution in [0, 0.1) is 0 Å². The van der Waals surface area contributed by atoms with Crippen LogP contribution in [-0.4, -0.2) is 75.6 Å². The molecule has 0 rings (SSSR count). The van der Waals surface area contributed by atoms with Crippen molar-refractivity contribution in [2.24, 2.45) is 0 Å². The van der Waals surface area contributed by atoms with E-state index in [0.29, 0.717) is 30.5 Å². The molecule has 0 saturated heterocycles. The topological polar surface area (TPSA) is 91.3 Å². The molecule has 0 fully saturated rings. The maximum atomic E-state index is 12.7. The Labute approximate surface area is 363 Å². The number of phosphoric ester groups is 1. The smallest absolute Gasteiger partial charge is 0.457 e. The van der Waals surface area contributed by atoms with E-state index in [1.54, 1.807) is 0 Å². The summed E-state index contributed by atoms with van der Waals surface area (Å²) < 4.78 is 34.9. The zero-order valence-corrected chi connectivity index (χ0v) is 39.6. The summed E-state index contributed by atoms with van der Waals surface area (Å²) >= 11 is 0. The van der Waals surface area contributed by atoms with Gasteiger partial charge in [0.2, 0.25) is 0 Å². The lowest BCUT2D eigenvalue weighted by Gasteiger charge is -2.24. The fourth-order valence-electron chi connectivity index (χ4n) is 6.14. The number of hydrogen-bond donors (Lipinski definition) is 1. The SMILES string of the molecule is CC/C=C\C/C=C\C/C=C\C/C=C\C/C=C\CCOCC(COP(=O)(O)OCC[N+](C)(C)C)OC(=O)CCCCCCCCCCC/C=C\CCCCCCCCCC. The molecule has 0 aliphatic carbocycles. The van der Waals surface area contributed by atoms with Crippen LogP contribution in [0.1, 0.15) is 181 Å². The second kappa shape index (κ2) is 42.6. The third-order valence-corrected chi connectivity index (χ3v) is 10.8. The van der Waals surface area contributed by atoms with Crippen molar-refractivity contribution in [3.63, 3.8) is 0 Å². The molecular weight excluding hydrogens is 758 g/mol.